The van der Waals surface area contributed by atoms with Crippen LogP contribution < -0.4 is 61.2 Å². The van der Waals surface area contributed by atoms with Crippen LogP contribution >= 0.6 is 0 Å². The molecule has 0 unspecified atom stereocenters. The normalized spacial score (nSPS) is 11.0. The van der Waals surface area contributed by atoms with Crippen LogP contribution in [0.5, 0.6) is 17.2 Å². The van der Waals surface area contributed by atoms with Crippen molar-refractivity contribution in [2.45, 2.75) is 43.9 Å². The molecule has 2 rings (SSSR count). The van der Waals surface area contributed by atoms with Gasteiger partial charge in [0.05, 0.1) is 4.90 Å². The van der Waals surface area contributed by atoms with Gasteiger partial charge in [0.2, 0.25) is 0 Å². The second-order valence-corrected chi connectivity index (χ2v) is 7.03. The van der Waals surface area contributed by atoms with Gasteiger partial charge in [0.15, 0.2) is 0 Å². The van der Waals surface area contributed by atoms with Gasteiger partial charge in [-0.25, -0.2) is 0 Å². The molecule has 2 aromatic rings. The van der Waals surface area contributed by atoms with Gasteiger partial charge in [0.1, 0.15) is 11.5 Å². The average Bonchev–Trinajstić information content (AvgIpc) is 2.52. The predicted molar refractivity (Wildman–Crippen MR) is 90.1 cm³/mol. The zero-order valence-electron chi connectivity index (χ0n) is 14.6. The smallest absolute Gasteiger partial charge is 0.871 e. The summed E-state index contributed by atoms with van der Waals surface area (Å²) in [6.45, 7) is 2.18. The molecule has 0 aliphatic carbocycles. The molecule has 0 saturated heterocycles. The topological polar surface area (TPSA) is 86.7 Å². The van der Waals surface area contributed by atoms with Crippen molar-refractivity contribution in [2.24, 2.45) is 0 Å². The minimum atomic E-state index is -4.51. The van der Waals surface area contributed by atoms with Crippen molar-refractivity contribution in [1.82, 2.24) is 0 Å². The van der Waals surface area contributed by atoms with Crippen molar-refractivity contribution in [3.8, 4) is 17.2 Å². The van der Waals surface area contributed by atoms with Crippen molar-refractivity contribution in [3.63, 3.8) is 0 Å². The molecule has 0 saturated carbocycles. The molecular weight excluding hydrogens is 367 g/mol. The monoisotopic (exact) mass is 388 g/mol. The fourth-order valence-corrected chi connectivity index (χ4v) is 2.93. The number of rotatable bonds is 8. The molecule has 0 fully saturated rings. The van der Waals surface area contributed by atoms with Crippen LogP contribution in [0.3, 0.4) is 0 Å². The summed E-state index contributed by atoms with van der Waals surface area (Å²) in [6.07, 6.45) is 5.86. The fourth-order valence-electron chi connectivity index (χ4n) is 2.38. The quantitative estimate of drug-likeness (QED) is 0.413. The Labute approximate surface area is 191 Å². The first-order valence-corrected chi connectivity index (χ1v) is 9.39. The van der Waals surface area contributed by atoms with Crippen molar-refractivity contribution in [3.05, 3.63) is 48.0 Å². The van der Waals surface area contributed by atoms with Crippen LogP contribution in [0.2, 0.25) is 0 Å². The van der Waals surface area contributed by atoms with Gasteiger partial charge in [-0.05, 0) is 48.7 Å². The van der Waals surface area contributed by atoms with Gasteiger partial charge in [0, 0.05) is 0 Å². The van der Waals surface area contributed by atoms with E-state index >= 15 is 0 Å². The van der Waals surface area contributed by atoms with E-state index in [1.54, 1.807) is 0 Å². The molecule has 2 aromatic carbocycles. The Kier molecular flexibility index (Phi) is 9.65. The molecule has 0 radical (unpaired) electrons. The summed E-state index contributed by atoms with van der Waals surface area (Å²) in [5.41, 5.74) is 1.23. The van der Waals surface area contributed by atoms with E-state index in [2.05, 4.69) is 6.92 Å². The molecule has 130 valence electrons. The van der Waals surface area contributed by atoms with Gasteiger partial charge in [0.25, 0.3) is 10.1 Å². The first kappa shape index (κ1) is 22.6. The second-order valence-electron chi connectivity index (χ2n) is 5.64. The summed E-state index contributed by atoms with van der Waals surface area (Å²) < 4.78 is 36.5. The maximum atomic E-state index is 11.7. The molecule has 5 nitrogen and oxygen atoms in total. The predicted octanol–water partition coefficient (Wildman–Crippen LogP) is 0.926. The molecule has 0 bridgehead atoms. The van der Waals surface area contributed by atoms with Crippen LogP contribution in [0.1, 0.15) is 38.2 Å². The third-order valence-corrected chi connectivity index (χ3v) is 4.56. The van der Waals surface area contributed by atoms with Crippen molar-refractivity contribution in [2.75, 3.05) is 0 Å². The molecule has 0 spiro atoms. The fraction of sp³-hybridized carbons (Fsp3) is 0.333. The van der Waals surface area contributed by atoms with Crippen LogP contribution in [0, 0.1) is 0 Å². The number of hydrogen-bond acceptors (Lipinski definition) is 4. The standard InChI is InChI=1S/C18H22O5S.K/c1-2-3-4-5-6-14-7-9-15(10-8-14)23-16-11-12-18(17(19)13-16)24(20,21)22;/h7-13,19H,2-6H2,1H3,(H,20,21,22);/q;+1/p-1. The Hall–Kier alpha value is -0.414. The first-order valence-electron chi connectivity index (χ1n) is 7.95. The Morgan fingerprint density at radius 3 is 2.20 bits per heavy atom. The number of benzene rings is 2. The molecule has 0 aromatic heterocycles. The van der Waals surface area contributed by atoms with Crippen LogP contribution in [0.4, 0.5) is 0 Å². The van der Waals surface area contributed by atoms with Gasteiger partial charge in [-0.3, -0.25) is 4.55 Å². The van der Waals surface area contributed by atoms with E-state index in [0.29, 0.717) is 5.75 Å². The number of unbranched alkanes of at least 4 members (excludes halogenated alkanes) is 3. The Balaban J connectivity index is 0.00000312. The van der Waals surface area contributed by atoms with Crippen LogP contribution in [-0.4, -0.2) is 13.0 Å². The van der Waals surface area contributed by atoms with Crippen LogP contribution in [-0.2, 0) is 16.5 Å². The van der Waals surface area contributed by atoms with E-state index < -0.39 is 20.8 Å². The van der Waals surface area contributed by atoms with E-state index in [9.17, 15) is 13.5 Å². The Morgan fingerprint density at radius 1 is 1.00 bits per heavy atom. The minimum absolute atomic E-state index is 0. The van der Waals surface area contributed by atoms with E-state index in [4.69, 9.17) is 9.29 Å². The van der Waals surface area contributed by atoms with Gasteiger partial charge >= 0.3 is 51.4 Å². The van der Waals surface area contributed by atoms with E-state index in [1.165, 1.54) is 30.9 Å². The zero-order chi connectivity index (χ0) is 17.6. The molecule has 0 aliphatic heterocycles. The SMILES string of the molecule is CCCCCCc1ccc(Oc2ccc(S(=O)(=O)O)c([O-])c2)cc1.[K+]. The number of ether oxygens (including phenoxy) is 1. The molecule has 0 atom stereocenters. The van der Waals surface area contributed by atoms with Gasteiger partial charge in [-0.1, -0.05) is 44.1 Å². The Morgan fingerprint density at radius 2 is 1.64 bits per heavy atom. The summed E-state index contributed by atoms with van der Waals surface area (Å²) in [5.74, 6) is -0.0167. The molecule has 1 N–H and O–H groups in total. The maximum Gasteiger partial charge on any atom is 1.00 e. The van der Waals surface area contributed by atoms with Gasteiger partial charge in [-0.15, -0.1) is 0 Å². The number of aryl methyl sites for hydroxylation is 1. The van der Waals surface area contributed by atoms with Crippen molar-refractivity contribution < 1.29 is 74.2 Å². The Bertz CT molecular complexity index is 773. The largest absolute Gasteiger partial charge is 1.00 e. The molecule has 0 heterocycles. The van der Waals surface area contributed by atoms with Gasteiger partial charge in [-0.2, -0.15) is 8.42 Å². The van der Waals surface area contributed by atoms with E-state index in [1.807, 2.05) is 24.3 Å². The second kappa shape index (κ2) is 10.7. The van der Waals surface area contributed by atoms with Crippen molar-refractivity contribution >= 4 is 10.1 Å². The summed E-state index contributed by atoms with van der Waals surface area (Å²) in [5, 5.41) is 11.7. The first-order chi connectivity index (χ1) is 11.4. The maximum absolute atomic E-state index is 11.7. The molecule has 0 amide bonds. The summed E-state index contributed by atoms with van der Waals surface area (Å²) in [6, 6.07) is 11.0. The third-order valence-electron chi connectivity index (χ3n) is 3.67. The molecule has 0 aliphatic rings. The summed E-state index contributed by atoms with van der Waals surface area (Å²) in [4.78, 5) is -0.655. The van der Waals surface area contributed by atoms with E-state index in [-0.39, 0.29) is 57.1 Å². The third kappa shape index (κ3) is 7.38. The van der Waals surface area contributed by atoms with E-state index in [0.717, 1.165) is 25.0 Å². The molecular formula is C18H21KO5S. The van der Waals surface area contributed by atoms with Crippen LogP contribution in [0.15, 0.2) is 47.4 Å². The van der Waals surface area contributed by atoms with Gasteiger partial charge < -0.3 is 9.84 Å². The summed E-state index contributed by atoms with van der Waals surface area (Å²) in [7, 11) is -4.51. The molecule has 7 heteroatoms. The average molecular weight is 389 g/mol. The van der Waals surface area contributed by atoms with Crippen molar-refractivity contribution in [1.29, 1.82) is 0 Å². The summed E-state index contributed by atoms with van der Waals surface area (Å²) >= 11 is 0. The minimum Gasteiger partial charge on any atom is -0.871 e. The molecule has 25 heavy (non-hydrogen) atoms. The zero-order valence-corrected chi connectivity index (χ0v) is 18.5. The van der Waals surface area contributed by atoms with Crippen LogP contribution in [0.25, 0.3) is 0 Å². The number of hydrogen-bond donors (Lipinski definition) is 1.